The number of hydrogen-bond donors (Lipinski definition) is 2. The Morgan fingerprint density at radius 1 is 1.06 bits per heavy atom. The van der Waals surface area contributed by atoms with Crippen LogP contribution in [-0.4, -0.2) is 64.3 Å². The molecular formula is C23H30N4O4S2. The van der Waals surface area contributed by atoms with Crippen LogP contribution in [0.1, 0.15) is 18.4 Å². The van der Waals surface area contributed by atoms with E-state index in [9.17, 15) is 8.42 Å². The second-order valence-corrected chi connectivity index (χ2v) is 10.4. The number of rotatable bonds is 7. The molecule has 0 saturated carbocycles. The van der Waals surface area contributed by atoms with Crippen LogP contribution in [0.4, 0.5) is 11.4 Å². The van der Waals surface area contributed by atoms with Crippen LogP contribution < -0.4 is 20.3 Å². The van der Waals surface area contributed by atoms with E-state index in [4.69, 9.17) is 21.7 Å². The molecule has 0 aliphatic carbocycles. The highest BCUT2D eigenvalue weighted by molar-refractivity contribution is 7.89. The monoisotopic (exact) mass is 490 g/mol. The van der Waals surface area contributed by atoms with Gasteiger partial charge in [-0.3, -0.25) is 0 Å². The van der Waals surface area contributed by atoms with Crippen LogP contribution in [0.3, 0.4) is 0 Å². The first-order valence-corrected chi connectivity index (χ1v) is 13.0. The van der Waals surface area contributed by atoms with Crippen molar-refractivity contribution < 1.29 is 17.9 Å². The largest absolute Gasteiger partial charge is 0.497 e. The fourth-order valence-electron chi connectivity index (χ4n) is 4.04. The van der Waals surface area contributed by atoms with Gasteiger partial charge in [-0.25, -0.2) is 8.42 Å². The maximum atomic E-state index is 13.2. The van der Waals surface area contributed by atoms with Crippen molar-refractivity contribution in [2.75, 3.05) is 56.7 Å². The Morgan fingerprint density at radius 2 is 1.76 bits per heavy atom. The minimum atomic E-state index is -3.60. The first kappa shape index (κ1) is 23.7. The zero-order chi connectivity index (χ0) is 23.3. The molecule has 0 radical (unpaired) electrons. The van der Waals surface area contributed by atoms with Gasteiger partial charge in [0, 0.05) is 32.7 Å². The summed E-state index contributed by atoms with van der Waals surface area (Å²) in [5.41, 5.74) is 2.71. The van der Waals surface area contributed by atoms with Gasteiger partial charge in [0.05, 0.1) is 36.6 Å². The molecule has 33 heavy (non-hydrogen) atoms. The van der Waals surface area contributed by atoms with Crippen LogP contribution in [0.15, 0.2) is 47.4 Å². The first-order valence-electron chi connectivity index (χ1n) is 11.1. The zero-order valence-corrected chi connectivity index (χ0v) is 20.4. The standard InChI is InChI=1S/C23H30N4O4S2/c1-30-19-6-4-18(5-7-19)17-24-23(32)25-21-16-20(8-9-22(21)26-10-2-3-11-26)33(28,29)27-12-14-31-15-13-27/h4-9,16H,2-3,10-15,17H2,1H3,(H2,24,25,32). The van der Waals surface area contributed by atoms with Gasteiger partial charge in [-0.15, -0.1) is 0 Å². The molecule has 0 amide bonds. The molecule has 2 fully saturated rings. The topological polar surface area (TPSA) is 83.1 Å². The van der Waals surface area contributed by atoms with Gasteiger partial charge in [0.25, 0.3) is 0 Å². The third-order valence-corrected chi connectivity index (χ3v) is 8.02. The Morgan fingerprint density at radius 3 is 2.42 bits per heavy atom. The molecule has 2 aromatic carbocycles. The minimum Gasteiger partial charge on any atom is -0.497 e. The van der Waals surface area contributed by atoms with E-state index in [-0.39, 0.29) is 4.90 Å². The van der Waals surface area contributed by atoms with Gasteiger partial charge in [-0.2, -0.15) is 4.31 Å². The minimum absolute atomic E-state index is 0.257. The number of ether oxygens (including phenoxy) is 2. The molecular weight excluding hydrogens is 460 g/mol. The normalized spacial score (nSPS) is 17.1. The third kappa shape index (κ3) is 5.75. The Hall–Kier alpha value is -2.40. The van der Waals surface area contributed by atoms with Crippen LogP contribution in [0, 0.1) is 0 Å². The van der Waals surface area contributed by atoms with Crippen molar-refractivity contribution >= 4 is 38.7 Å². The lowest BCUT2D eigenvalue weighted by Gasteiger charge is -2.27. The zero-order valence-electron chi connectivity index (χ0n) is 18.7. The van der Waals surface area contributed by atoms with Gasteiger partial charge in [0.1, 0.15) is 5.75 Å². The average Bonchev–Trinajstić information content (AvgIpc) is 3.38. The highest BCUT2D eigenvalue weighted by Gasteiger charge is 2.28. The van der Waals surface area contributed by atoms with Crippen molar-refractivity contribution in [3.05, 3.63) is 48.0 Å². The average molecular weight is 491 g/mol. The van der Waals surface area contributed by atoms with Gasteiger partial charge < -0.3 is 25.0 Å². The number of nitrogens with one attached hydrogen (secondary N) is 2. The smallest absolute Gasteiger partial charge is 0.243 e. The van der Waals surface area contributed by atoms with Crippen LogP contribution in [0.25, 0.3) is 0 Å². The second-order valence-electron chi connectivity index (χ2n) is 8.05. The third-order valence-electron chi connectivity index (χ3n) is 5.88. The molecule has 2 saturated heterocycles. The summed E-state index contributed by atoms with van der Waals surface area (Å²) in [4.78, 5) is 2.52. The number of benzene rings is 2. The summed E-state index contributed by atoms with van der Waals surface area (Å²) in [7, 11) is -1.97. The maximum absolute atomic E-state index is 13.2. The Labute approximate surface area is 200 Å². The maximum Gasteiger partial charge on any atom is 0.243 e. The van der Waals surface area contributed by atoms with Crippen molar-refractivity contribution in [1.82, 2.24) is 9.62 Å². The summed E-state index contributed by atoms with van der Waals surface area (Å²) in [5.74, 6) is 0.799. The fourth-order valence-corrected chi connectivity index (χ4v) is 5.65. The van der Waals surface area contributed by atoms with E-state index in [0.29, 0.717) is 43.6 Å². The van der Waals surface area contributed by atoms with E-state index < -0.39 is 10.0 Å². The molecule has 0 bridgehead atoms. The molecule has 0 atom stereocenters. The molecule has 10 heteroatoms. The Bertz CT molecular complexity index is 1060. The van der Waals surface area contributed by atoms with E-state index >= 15 is 0 Å². The molecule has 2 N–H and O–H groups in total. The fraction of sp³-hybridized carbons (Fsp3) is 0.435. The summed E-state index contributed by atoms with van der Waals surface area (Å²) in [6.07, 6.45) is 2.24. The van der Waals surface area contributed by atoms with Crippen molar-refractivity contribution in [3.8, 4) is 5.75 Å². The number of thiocarbonyl (C=S) groups is 1. The summed E-state index contributed by atoms with van der Waals surface area (Å²) in [5, 5.41) is 6.89. The predicted octanol–water partition coefficient (Wildman–Crippen LogP) is 2.80. The van der Waals surface area contributed by atoms with Gasteiger partial charge in [-0.05, 0) is 61.0 Å². The Kier molecular flexibility index (Phi) is 7.69. The molecule has 178 valence electrons. The number of methoxy groups -OCH3 is 1. The number of hydrogen-bond acceptors (Lipinski definition) is 6. The molecule has 0 unspecified atom stereocenters. The number of anilines is 2. The highest BCUT2D eigenvalue weighted by atomic mass is 32.2. The molecule has 8 nitrogen and oxygen atoms in total. The molecule has 4 rings (SSSR count). The van der Waals surface area contributed by atoms with E-state index in [2.05, 4.69) is 15.5 Å². The first-order chi connectivity index (χ1) is 16.0. The summed E-state index contributed by atoms with van der Waals surface area (Å²) in [6, 6.07) is 13.0. The van der Waals surface area contributed by atoms with Crippen LogP contribution in [-0.2, 0) is 21.3 Å². The van der Waals surface area contributed by atoms with Crippen LogP contribution in [0.5, 0.6) is 5.75 Å². The van der Waals surface area contributed by atoms with E-state index in [1.807, 2.05) is 30.3 Å². The van der Waals surface area contributed by atoms with Crippen molar-refractivity contribution in [2.24, 2.45) is 0 Å². The summed E-state index contributed by atoms with van der Waals surface area (Å²) in [6.45, 7) is 3.97. The predicted molar refractivity (Wildman–Crippen MR) is 134 cm³/mol. The lowest BCUT2D eigenvalue weighted by molar-refractivity contribution is 0.0730. The van der Waals surface area contributed by atoms with Gasteiger partial charge in [0.15, 0.2) is 5.11 Å². The van der Waals surface area contributed by atoms with Crippen LogP contribution >= 0.6 is 12.2 Å². The SMILES string of the molecule is COc1ccc(CNC(=S)Nc2cc(S(=O)(=O)N3CCOCC3)ccc2N2CCCC2)cc1. The second kappa shape index (κ2) is 10.7. The van der Waals surface area contributed by atoms with Gasteiger partial charge >= 0.3 is 0 Å². The number of morpholine rings is 1. The number of nitrogens with zero attached hydrogens (tertiary/aromatic N) is 2. The Balaban J connectivity index is 1.52. The van der Waals surface area contributed by atoms with E-state index in [1.54, 1.807) is 19.2 Å². The van der Waals surface area contributed by atoms with Crippen molar-refractivity contribution in [2.45, 2.75) is 24.3 Å². The molecule has 2 aliphatic heterocycles. The number of sulfonamides is 1. The van der Waals surface area contributed by atoms with Crippen molar-refractivity contribution in [3.63, 3.8) is 0 Å². The van der Waals surface area contributed by atoms with Crippen molar-refractivity contribution in [1.29, 1.82) is 0 Å². The molecule has 2 aliphatic rings. The lowest BCUT2D eigenvalue weighted by atomic mass is 10.2. The van der Waals surface area contributed by atoms with Gasteiger partial charge in [0.2, 0.25) is 10.0 Å². The van der Waals surface area contributed by atoms with E-state index in [1.165, 1.54) is 4.31 Å². The van der Waals surface area contributed by atoms with Crippen LogP contribution in [0.2, 0.25) is 0 Å². The van der Waals surface area contributed by atoms with Gasteiger partial charge in [-0.1, -0.05) is 12.1 Å². The highest BCUT2D eigenvalue weighted by Crippen LogP contribution is 2.32. The summed E-state index contributed by atoms with van der Waals surface area (Å²) < 4.78 is 38.4. The van der Waals surface area contributed by atoms with E-state index in [0.717, 1.165) is 42.9 Å². The summed E-state index contributed by atoms with van der Waals surface area (Å²) >= 11 is 5.54. The quantitative estimate of drug-likeness (QED) is 0.574. The molecule has 2 aromatic rings. The molecule has 0 aromatic heterocycles. The lowest BCUT2D eigenvalue weighted by Crippen LogP contribution is -2.40. The molecule has 2 heterocycles. The molecule has 0 spiro atoms.